The summed E-state index contributed by atoms with van der Waals surface area (Å²) in [5.41, 5.74) is 0. The number of carboxylic acid groups (broad SMARTS) is 1. The SMILES string of the molecule is O=C(O)[C@H]1C[C@@H]2C[C@H](CCc3nn[nH]n3)CC[C@@H]2CN1. The van der Waals surface area contributed by atoms with Gasteiger partial charge in [-0.1, -0.05) is 11.6 Å². The van der Waals surface area contributed by atoms with Crippen LogP contribution in [0.4, 0.5) is 0 Å². The van der Waals surface area contributed by atoms with Gasteiger partial charge in [0.15, 0.2) is 5.82 Å². The first-order chi connectivity index (χ1) is 9.72. The number of aromatic amines is 1. The maximum absolute atomic E-state index is 11.1. The first-order valence-electron chi connectivity index (χ1n) is 7.41. The average molecular weight is 279 g/mol. The second-order valence-electron chi connectivity index (χ2n) is 6.10. The van der Waals surface area contributed by atoms with Crippen molar-refractivity contribution in [2.24, 2.45) is 17.8 Å². The van der Waals surface area contributed by atoms with Crippen molar-refractivity contribution in [3.05, 3.63) is 5.82 Å². The number of nitrogens with zero attached hydrogens (tertiary/aromatic N) is 3. The van der Waals surface area contributed by atoms with Crippen LogP contribution in [-0.4, -0.2) is 44.3 Å². The summed E-state index contributed by atoms with van der Waals surface area (Å²) in [6.07, 6.45) is 6.30. The Labute approximate surface area is 117 Å². The number of H-pyrrole nitrogens is 1. The minimum atomic E-state index is -0.711. The Bertz CT molecular complexity index is 450. The van der Waals surface area contributed by atoms with E-state index in [9.17, 15) is 4.79 Å². The molecule has 110 valence electrons. The van der Waals surface area contributed by atoms with E-state index in [-0.39, 0.29) is 6.04 Å². The molecular formula is C13H21N5O2. The van der Waals surface area contributed by atoms with Gasteiger partial charge >= 0.3 is 5.97 Å². The minimum absolute atomic E-state index is 0.354. The molecule has 1 aliphatic carbocycles. The molecule has 2 heterocycles. The molecule has 2 fully saturated rings. The Balaban J connectivity index is 1.52. The Morgan fingerprint density at radius 2 is 2.20 bits per heavy atom. The largest absolute Gasteiger partial charge is 0.480 e. The van der Waals surface area contributed by atoms with Crippen molar-refractivity contribution in [3.63, 3.8) is 0 Å². The summed E-state index contributed by atoms with van der Waals surface area (Å²) in [6.45, 7) is 0.860. The third kappa shape index (κ3) is 2.98. The number of aliphatic carboxylic acids is 1. The van der Waals surface area contributed by atoms with Gasteiger partial charge in [0.05, 0.1) is 0 Å². The lowest BCUT2D eigenvalue weighted by Crippen LogP contribution is -2.49. The van der Waals surface area contributed by atoms with E-state index in [1.165, 1.54) is 12.8 Å². The molecule has 0 spiro atoms. The summed E-state index contributed by atoms with van der Waals surface area (Å²) >= 11 is 0. The lowest BCUT2D eigenvalue weighted by Gasteiger charge is -2.41. The summed E-state index contributed by atoms with van der Waals surface area (Å²) in [5.74, 6) is 1.95. The van der Waals surface area contributed by atoms with Crippen molar-refractivity contribution in [2.75, 3.05) is 6.54 Å². The number of rotatable bonds is 4. The molecule has 0 radical (unpaired) electrons. The minimum Gasteiger partial charge on any atom is -0.480 e. The fraction of sp³-hybridized carbons (Fsp3) is 0.846. The van der Waals surface area contributed by atoms with Crippen LogP contribution in [0.2, 0.25) is 0 Å². The summed E-state index contributed by atoms with van der Waals surface area (Å²) in [6, 6.07) is -0.354. The Morgan fingerprint density at radius 1 is 1.30 bits per heavy atom. The molecule has 7 nitrogen and oxygen atoms in total. The topological polar surface area (TPSA) is 104 Å². The van der Waals surface area contributed by atoms with Crippen LogP contribution < -0.4 is 5.32 Å². The van der Waals surface area contributed by atoms with Crippen LogP contribution >= 0.6 is 0 Å². The molecule has 0 aromatic carbocycles. The van der Waals surface area contributed by atoms with Gasteiger partial charge in [0.2, 0.25) is 0 Å². The van der Waals surface area contributed by atoms with Crippen molar-refractivity contribution in [3.8, 4) is 0 Å². The van der Waals surface area contributed by atoms with Gasteiger partial charge in [0, 0.05) is 6.42 Å². The van der Waals surface area contributed by atoms with E-state index in [0.717, 1.165) is 38.1 Å². The highest BCUT2D eigenvalue weighted by atomic mass is 16.4. The van der Waals surface area contributed by atoms with Gasteiger partial charge in [0.25, 0.3) is 0 Å². The van der Waals surface area contributed by atoms with Gasteiger partial charge in [-0.2, -0.15) is 5.21 Å². The van der Waals surface area contributed by atoms with Crippen molar-refractivity contribution in [1.29, 1.82) is 0 Å². The van der Waals surface area contributed by atoms with Crippen LogP contribution in [0.15, 0.2) is 0 Å². The number of hydrogen-bond donors (Lipinski definition) is 3. The number of aromatic nitrogens is 4. The molecule has 3 rings (SSSR count). The number of tetrazole rings is 1. The van der Waals surface area contributed by atoms with Crippen molar-refractivity contribution >= 4 is 5.97 Å². The van der Waals surface area contributed by atoms with Gasteiger partial charge in [0.1, 0.15) is 6.04 Å². The third-order valence-corrected chi connectivity index (χ3v) is 4.88. The number of piperidine rings is 1. The molecule has 0 unspecified atom stereocenters. The molecule has 1 aliphatic heterocycles. The molecule has 4 atom stereocenters. The highest BCUT2D eigenvalue weighted by Gasteiger charge is 2.37. The highest BCUT2D eigenvalue weighted by molar-refractivity contribution is 5.73. The molecule has 1 aromatic rings. The standard InChI is InChI=1S/C13H21N5O2/c19-13(20)11-6-10-5-8(1-3-9(10)7-14-11)2-4-12-15-17-18-16-12/h8-11,14H,1-7H2,(H,19,20)(H,15,16,17,18)/t8-,9+,10-,11+/m0/s1. The molecule has 1 aromatic heterocycles. The number of fused-ring (bicyclic) bond motifs is 1. The van der Waals surface area contributed by atoms with Gasteiger partial charge in [-0.15, -0.1) is 10.2 Å². The van der Waals surface area contributed by atoms with Gasteiger partial charge in [-0.25, -0.2) is 0 Å². The number of aryl methyl sites for hydroxylation is 1. The molecule has 0 amide bonds. The normalized spacial score (nSPS) is 33.6. The van der Waals surface area contributed by atoms with Crippen LogP contribution in [0.1, 0.15) is 37.9 Å². The summed E-state index contributed by atoms with van der Waals surface area (Å²) in [5, 5.41) is 26.3. The van der Waals surface area contributed by atoms with E-state index >= 15 is 0 Å². The van der Waals surface area contributed by atoms with E-state index < -0.39 is 5.97 Å². The average Bonchev–Trinajstić information content (AvgIpc) is 2.97. The Kier molecular flexibility index (Phi) is 3.95. The molecule has 1 saturated heterocycles. The summed E-state index contributed by atoms with van der Waals surface area (Å²) in [4.78, 5) is 11.1. The molecular weight excluding hydrogens is 258 g/mol. The lowest BCUT2D eigenvalue weighted by atomic mass is 9.69. The fourth-order valence-corrected chi connectivity index (χ4v) is 3.73. The van der Waals surface area contributed by atoms with E-state index in [2.05, 4.69) is 25.9 Å². The van der Waals surface area contributed by atoms with E-state index in [0.29, 0.717) is 17.8 Å². The first kappa shape index (κ1) is 13.5. The van der Waals surface area contributed by atoms with Crippen molar-refractivity contribution in [1.82, 2.24) is 25.9 Å². The number of carboxylic acids is 1. The lowest BCUT2D eigenvalue weighted by molar-refractivity contribution is -0.141. The zero-order chi connectivity index (χ0) is 13.9. The second kappa shape index (κ2) is 5.87. The zero-order valence-corrected chi connectivity index (χ0v) is 11.5. The summed E-state index contributed by atoms with van der Waals surface area (Å²) < 4.78 is 0. The van der Waals surface area contributed by atoms with Crippen LogP contribution in [0, 0.1) is 17.8 Å². The van der Waals surface area contributed by atoms with E-state index in [1.807, 2.05) is 0 Å². The number of nitrogens with one attached hydrogen (secondary N) is 2. The molecule has 1 saturated carbocycles. The molecule has 0 bridgehead atoms. The summed E-state index contributed by atoms with van der Waals surface area (Å²) in [7, 11) is 0. The molecule has 20 heavy (non-hydrogen) atoms. The van der Waals surface area contributed by atoms with Crippen molar-refractivity contribution in [2.45, 2.75) is 44.6 Å². The number of hydrogen-bond acceptors (Lipinski definition) is 5. The smallest absolute Gasteiger partial charge is 0.320 e. The second-order valence-corrected chi connectivity index (χ2v) is 6.10. The van der Waals surface area contributed by atoms with Crippen LogP contribution in [0.25, 0.3) is 0 Å². The maximum atomic E-state index is 11.1. The third-order valence-electron chi connectivity index (χ3n) is 4.88. The predicted molar refractivity (Wildman–Crippen MR) is 70.9 cm³/mol. The zero-order valence-electron chi connectivity index (χ0n) is 11.5. The fourth-order valence-electron chi connectivity index (χ4n) is 3.73. The predicted octanol–water partition coefficient (Wildman–Crippen LogP) is 0.611. The quantitative estimate of drug-likeness (QED) is 0.746. The van der Waals surface area contributed by atoms with Gasteiger partial charge in [-0.3, -0.25) is 4.79 Å². The highest BCUT2D eigenvalue weighted by Crippen LogP contribution is 2.40. The number of carbonyl (C=O) groups is 1. The molecule has 2 aliphatic rings. The van der Waals surface area contributed by atoms with Gasteiger partial charge < -0.3 is 10.4 Å². The first-order valence-corrected chi connectivity index (χ1v) is 7.41. The van der Waals surface area contributed by atoms with Crippen molar-refractivity contribution < 1.29 is 9.90 Å². The molecule has 7 heteroatoms. The Hall–Kier alpha value is -1.50. The molecule has 3 N–H and O–H groups in total. The monoisotopic (exact) mass is 279 g/mol. The van der Waals surface area contributed by atoms with E-state index in [1.54, 1.807) is 0 Å². The van der Waals surface area contributed by atoms with Gasteiger partial charge in [-0.05, 0) is 50.0 Å². The van der Waals surface area contributed by atoms with Crippen LogP contribution in [0.3, 0.4) is 0 Å². The van der Waals surface area contributed by atoms with Crippen LogP contribution in [0.5, 0.6) is 0 Å². The maximum Gasteiger partial charge on any atom is 0.320 e. The Morgan fingerprint density at radius 3 is 2.95 bits per heavy atom. The van der Waals surface area contributed by atoms with Crippen LogP contribution in [-0.2, 0) is 11.2 Å². The van der Waals surface area contributed by atoms with E-state index in [4.69, 9.17) is 5.11 Å².